The van der Waals surface area contributed by atoms with Crippen molar-refractivity contribution in [1.29, 1.82) is 0 Å². The molecular formula is C10H12BN3O. The Morgan fingerprint density at radius 1 is 1.53 bits per heavy atom. The molecule has 0 amide bonds. The smallest absolute Gasteiger partial charge is 0.181 e. The average Bonchev–Trinajstić information content (AvgIpc) is 2.42. The van der Waals surface area contributed by atoms with Gasteiger partial charge in [0.2, 0.25) is 0 Å². The van der Waals surface area contributed by atoms with Crippen molar-refractivity contribution in [1.82, 2.24) is 14.8 Å². The van der Waals surface area contributed by atoms with Crippen LogP contribution in [0.2, 0.25) is 0 Å². The molecular weight excluding hydrogens is 189 g/mol. The summed E-state index contributed by atoms with van der Waals surface area (Å²) in [5.41, 5.74) is 0.479. The summed E-state index contributed by atoms with van der Waals surface area (Å²) in [4.78, 5) is 4.09. The van der Waals surface area contributed by atoms with Gasteiger partial charge in [-0.3, -0.25) is 4.68 Å². The third-order valence-electron chi connectivity index (χ3n) is 1.98. The first kappa shape index (κ1) is 10.2. The molecule has 0 saturated carbocycles. The largest absolute Gasteiger partial charge is 0.389 e. The van der Waals surface area contributed by atoms with Crippen molar-refractivity contribution in [2.24, 2.45) is 0 Å². The van der Waals surface area contributed by atoms with Crippen LogP contribution >= 0.6 is 0 Å². The van der Waals surface area contributed by atoms with Gasteiger partial charge in [0.25, 0.3) is 0 Å². The van der Waals surface area contributed by atoms with E-state index in [4.69, 9.17) is 7.85 Å². The first-order valence-electron chi connectivity index (χ1n) is 4.75. The van der Waals surface area contributed by atoms with Gasteiger partial charge in [-0.15, -0.1) is 0 Å². The van der Waals surface area contributed by atoms with E-state index in [0.29, 0.717) is 17.7 Å². The summed E-state index contributed by atoms with van der Waals surface area (Å²) >= 11 is 0. The number of rotatable bonds is 2. The highest BCUT2D eigenvalue weighted by molar-refractivity contribution is 6.32. The van der Waals surface area contributed by atoms with Gasteiger partial charge in [0.1, 0.15) is 7.85 Å². The van der Waals surface area contributed by atoms with E-state index in [-0.39, 0.29) is 0 Å². The summed E-state index contributed by atoms with van der Waals surface area (Å²) < 4.78 is 1.68. The van der Waals surface area contributed by atoms with Gasteiger partial charge in [-0.25, -0.2) is 4.98 Å². The number of hydrogen-bond donors (Lipinski definition) is 1. The highest BCUT2D eigenvalue weighted by Crippen LogP contribution is 2.10. The molecule has 2 radical (unpaired) electrons. The third kappa shape index (κ3) is 2.36. The zero-order valence-corrected chi connectivity index (χ0v) is 8.81. The monoisotopic (exact) mass is 201 g/mol. The normalized spacial score (nSPS) is 12.2. The summed E-state index contributed by atoms with van der Waals surface area (Å²) in [6.07, 6.45) is 3.40. The van der Waals surface area contributed by atoms with Crippen LogP contribution in [0.3, 0.4) is 0 Å². The van der Waals surface area contributed by atoms with Crippen molar-refractivity contribution in [2.75, 3.05) is 0 Å². The molecule has 2 aromatic rings. The predicted molar refractivity (Wildman–Crippen MR) is 59.2 cm³/mol. The lowest BCUT2D eigenvalue weighted by atomic mass is 9.98. The Bertz CT molecular complexity index is 487. The second-order valence-electron chi connectivity index (χ2n) is 4.32. The molecule has 1 N–H and O–H groups in total. The average molecular weight is 201 g/mol. The number of nitrogens with zero attached hydrogens (tertiary/aromatic N) is 3. The van der Waals surface area contributed by atoms with Gasteiger partial charge in [0.15, 0.2) is 5.65 Å². The fraction of sp³-hybridized carbons (Fsp3) is 0.400. The Morgan fingerprint density at radius 3 is 2.93 bits per heavy atom. The van der Waals surface area contributed by atoms with Crippen molar-refractivity contribution in [2.45, 2.75) is 26.0 Å². The maximum Gasteiger partial charge on any atom is 0.181 e. The van der Waals surface area contributed by atoms with Crippen molar-refractivity contribution in [3.8, 4) is 0 Å². The summed E-state index contributed by atoms with van der Waals surface area (Å²) in [6.45, 7) is 3.91. The predicted octanol–water partition coefficient (Wildman–Crippen LogP) is -0.00400. The van der Waals surface area contributed by atoms with E-state index in [2.05, 4.69) is 10.1 Å². The fourth-order valence-corrected chi connectivity index (χ4v) is 1.46. The van der Waals surface area contributed by atoms with E-state index in [9.17, 15) is 5.11 Å². The first-order chi connectivity index (χ1) is 6.94. The maximum absolute atomic E-state index is 9.64. The Morgan fingerprint density at radius 2 is 2.27 bits per heavy atom. The second-order valence-corrected chi connectivity index (χ2v) is 4.32. The molecule has 0 spiro atoms. The van der Waals surface area contributed by atoms with Gasteiger partial charge in [-0.1, -0.05) is 11.5 Å². The lowest BCUT2D eigenvalue weighted by Crippen LogP contribution is -2.26. The van der Waals surface area contributed by atoms with Crippen LogP contribution in [-0.2, 0) is 6.54 Å². The molecule has 2 aromatic heterocycles. The van der Waals surface area contributed by atoms with E-state index < -0.39 is 5.60 Å². The number of fused-ring (bicyclic) bond motifs is 1. The van der Waals surface area contributed by atoms with Gasteiger partial charge in [0, 0.05) is 17.8 Å². The maximum atomic E-state index is 9.64. The summed E-state index contributed by atoms with van der Waals surface area (Å²) in [7, 11) is 5.61. The third-order valence-corrected chi connectivity index (χ3v) is 1.98. The van der Waals surface area contributed by atoms with Crippen molar-refractivity contribution in [3.05, 3.63) is 18.5 Å². The first-order valence-corrected chi connectivity index (χ1v) is 4.75. The van der Waals surface area contributed by atoms with Crippen LogP contribution in [0.5, 0.6) is 0 Å². The van der Waals surface area contributed by atoms with Crippen LogP contribution in [0, 0.1) is 0 Å². The standard InChI is InChI=1S/C10H12BN3O/c1-10(2,15)6-14-5-7-3-8(11)4-12-9(7)13-14/h3-5,15H,6H2,1-2H3. The number of hydrogen-bond acceptors (Lipinski definition) is 3. The molecule has 0 atom stereocenters. The van der Waals surface area contributed by atoms with E-state index in [1.54, 1.807) is 24.7 Å². The van der Waals surface area contributed by atoms with Crippen LogP contribution in [-0.4, -0.2) is 33.3 Å². The van der Waals surface area contributed by atoms with Crippen LogP contribution in [0.15, 0.2) is 18.5 Å². The Hall–Kier alpha value is -1.36. The molecule has 15 heavy (non-hydrogen) atoms. The Kier molecular flexibility index (Phi) is 2.27. The van der Waals surface area contributed by atoms with E-state index in [1.165, 1.54) is 0 Å². The highest BCUT2D eigenvalue weighted by Gasteiger charge is 2.14. The Labute approximate surface area is 89.3 Å². The minimum atomic E-state index is -0.784. The summed E-state index contributed by atoms with van der Waals surface area (Å²) in [5, 5.41) is 14.8. The molecule has 0 aliphatic rings. The number of pyridine rings is 1. The molecule has 0 aliphatic carbocycles. The van der Waals surface area contributed by atoms with E-state index in [0.717, 1.165) is 5.39 Å². The summed E-state index contributed by atoms with van der Waals surface area (Å²) in [6, 6.07) is 1.82. The van der Waals surface area contributed by atoms with Gasteiger partial charge in [-0.2, -0.15) is 5.10 Å². The molecule has 4 nitrogen and oxygen atoms in total. The zero-order valence-electron chi connectivity index (χ0n) is 8.81. The van der Waals surface area contributed by atoms with Crippen LogP contribution < -0.4 is 5.46 Å². The van der Waals surface area contributed by atoms with Gasteiger partial charge in [0.05, 0.1) is 12.1 Å². The van der Waals surface area contributed by atoms with Gasteiger partial charge < -0.3 is 5.11 Å². The molecule has 0 fully saturated rings. The minimum absolute atomic E-state index is 0.434. The molecule has 5 heteroatoms. The van der Waals surface area contributed by atoms with Crippen molar-refractivity contribution < 1.29 is 5.11 Å². The minimum Gasteiger partial charge on any atom is -0.389 e. The second kappa shape index (κ2) is 3.34. The quantitative estimate of drug-likeness (QED) is 0.695. The topological polar surface area (TPSA) is 50.9 Å². The van der Waals surface area contributed by atoms with Crippen LogP contribution in [0.25, 0.3) is 11.0 Å². The lowest BCUT2D eigenvalue weighted by molar-refractivity contribution is 0.0579. The van der Waals surface area contributed by atoms with Crippen LogP contribution in [0.4, 0.5) is 0 Å². The fourth-order valence-electron chi connectivity index (χ4n) is 1.46. The summed E-state index contributed by atoms with van der Waals surface area (Å²) in [5.74, 6) is 0. The molecule has 0 bridgehead atoms. The molecule has 76 valence electrons. The lowest BCUT2D eigenvalue weighted by Gasteiger charge is -2.16. The van der Waals surface area contributed by atoms with Gasteiger partial charge >= 0.3 is 0 Å². The molecule has 2 heterocycles. The zero-order chi connectivity index (χ0) is 11.1. The van der Waals surface area contributed by atoms with E-state index in [1.807, 2.05) is 12.3 Å². The number of aliphatic hydroxyl groups is 1. The molecule has 0 aromatic carbocycles. The number of aromatic nitrogens is 3. The van der Waals surface area contributed by atoms with Gasteiger partial charge in [-0.05, 0) is 13.8 Å². The van der Waals surface area contributed by atoms with Crippen molar-refractivity contribution >= 4 is 24.3 Å². The SMILES string of the molecule is [B]c1cnc2nn(CC(C)(C)O)cc2c1. The van der Waals surface area contributed by atoms with Crippen LogP contribution in [0.1, 0.15) is 13.8 Å². The highest BCUT2D eigenvalue weighted by atomic mass is 16.3. The molecule has 2 rings (SSSR count). The molecule has 0 unspecified atom stereocenters. The molecule has 0 saturated heterocycles. The molecule has 0 aliphatic heterocycles. The van der Waals surface area contributed by atoms with Crippen molar-refractivity contribution in [3.63, 3.8) is 0 Å². The van der Waals surface area contributed by atoms with E-state index >= 15 is 0 Å². The Balaban J connectivity index is 2.39.